The molecule has 0 unspecified atom stereocenters. The van der Waals surface area contributed by atoms with Crippen molar-refractivity contribution in [3.8, 4) is 22.9 Å². The van der Waals surface area contributed by atoms with Crippen molar-refractivity contribution in [2.75, 3.05) is 68.8 Å². The van der Waals surface area contributed by atoms with Gasteiger partial charge in [0.2, 0.25) is 5.95 Å². The van der Waals surface area contributed by atoms with E-state index < -0.39 is 29.2 Å². The predicted octanol–water partition coefficient (Wildman–Crippen LogP) is 7.55. The third-order valence-electron chi connectivity index (χ3n) is 10.9. The van der Waals surface area contributed by atoms with E-state index in [0.29, 0.717) is 48.3 Å². The Morgan fingerprint density at radius 1 is 0.932 bits per heavy atom. The van der Waals surface area contributed by atoms with Crippen molar-refractivity contribution in [1.82, 2.24) is 19.8 Å². The Morgan fingerprint density at radius 3 is 2.32 bits per heavy atom. The maximum atomic E-state index is 17.3. The first-order valence-electron chi connectivity index (χ1n) is 20.3. The quantitative estimate of drug-likeness (QED) is 0.166. The second-order valence-corrected chi connectivity index (χ2v) is 18.2. The maximum Gasteiger partial charge on any atom is 0.410 e. The third-order valence-corrected chi connectivity index (χ3v) is 11.2. The third kappa shape index (κ3) is 9.75. The molecule has 3 fully saturated rings. The number of carbonyl (C=O) groups is 2. The number of hydrogen-bond acceptors (Lipinski definition) is 12. The van der Waals surface area contributed by atoms with Crippen LogP contribution in [0.5, 0.6) is 5.75 Å². The highest BCUT2D eigenvalue weighted by molar-refractivity contribution is 6.35. The summed E-state index contributed by atoms with van der Waals surface area (Å²) in [6.45, 7) is 15.4. The summed E-state index contributed by atoms with van der Waals surface area (Å²) in [5.41, 5.74) is -0.612. The minimum Gasteiger partial charge on any atom is -0.508 e. The number of phenols is 1. The fourth-order valence-electron chi connectivity index (χ4n) is 8.20. The van der Waals surface area contributed by atoms with Gasteiger partial charge in [0.15, 0.2) is 5.82 Å². The van der Waals surface area contributed by atoms with Gasteiger partial charge in [0.1, 0.15) is 34.9 Å². The molecule has 59 heavy (non-hydrogen) atoms. The number of nitrogens with zero attached hydrogens (tertiary/aromatic N) is 7. The molecule has 2 aliphatic heterocycles. The smallest absolute Gasteiger partial charge is 0.410 e. The first-order valence-corrected chi connectivity index (χ1v) is 20.7. The number of rotatable bonds is 9. The number of nitriles is 1. The van der Waals surface area contributed by atoms with Gasteiger partial charge < -0.3 is 34.0 Å². The molecule has 7 rings (SSSR count). The lowest BCUT2D eigenvalue weighted by molar-refractivity contribution is -0.165. The first kappa shape index (κ1) is 42.2. The molecule has 2 saturated heterocycles. The van der Waals surface area contributed by atoms with Crippen LogP contribution in [-0.2, 0) is 19.0 Å². The monoisotopic (exact) mass is 829 g/mol. The summed E-state index contributed by atoms with van der Waals surface area (Å²) in [7, 11) is 0. The van der Waals surface area contributed by atoms with Gasteiger partial charge in [0.25, 0.3) is 0 Å². The zero-order chi connectivity index (χ0) is 42.2. The molecular weight excluding hydrogens is 777 g/mol. The Bertz CT molecular complexity index is 2260. The lowest BCUT2D eigenvalue weighted by atomic mass is 9.82. The molecule has 3 aromatic carbocycles. The van der Waals surface area contributed by atoms with E-state index in [2.05, 4.69) is 15.9 Å². The van der Waals surface area contributed by atoms with Gasteiger partial charge in [-0.1, -0.05) is 35.9 Å². The molecule has 1 saturated carbocycles. The summed E-state index contributed by atoms with van der Waals surface area (Å²) in [6.07, 6.45) is 1.38. The number of esters is 1. The fraction of sp³-hybridized carbons (Fsp3) is 0.523. The number of piperazine rings is 2. The molecule has 1 aromatic heterocycles. The van der Waals surface area contributed by atoms with Crippen molar-refractivity contribution in [2.45, 2.75) is 84.2 Å². The Balaban J connectivity index is 1.15. The molecule has 0 radical (unpaired) electrons. The van der Waals surface area contributed by atoms with Gasteiger partial charge in [-0.05, 0) is 94.8 Å². The second kappa shape index (κ2) is 17.0. The van der Waals surface area contributed by atoms with E-state index in [4.69, 9.17) is 35.8 Å². The van der Waals surface area contributed by atoms with Crippen LogP contribution in [0.3, 0.4) is 0 Å². The lowest BCUT2D eigenvalue weighted by Gasteiger charge is -2.42. The number of anilines is 2. The topological polar surface area (TPSA) is 145 Å². The Labute approximate surface area is 349 Å². The van der Waals surface area contributed by atoms with Crippen molar-refractivity contribution in [3.63, 3.8) is 0 Å². The van der Waals surface area contributed by atoms with Gasteiger partial charge in [-0.3, -0.25) is 4.90 Å². The molecule has 1 amide bonds. The average molecular weight is 830 g/mol. The van der Waals surface area contributed by atoms with Crippen LogP contribution in [-0.4, -0.2) is 119 Å². The molecule has 3 heterocycles. The summed E-state index contributed by atoms with van der Waals surface area (Å²) in [4.78, 5) is 43.3. The first-order chi connectivity index (χ1) is 28.0. The number of ether oxygens (including phenoxy) is 3. The molecule has 13 nitrogen and oxygen atoms in total. The number of carbonyl (C=O) groups excluding carboxylic acids is 2. The van der Waals surface area contributed by atoms with E-state index in [0.717, 1.165) is 43.2 Å². The number of fused-ring (bicyclic) bond motifs is 2. The second-order valence-electron chi connectivity index (χ2n) is 17.8. The van der Waals surface area contributed by atoms with E-state index in [-0.39, 0.29) is 60.0 Å². The minimum atomic E-state index is -0.710. The summed E-state index contributed by atoms with van der Waals surface area (Å²) in [6, 6.07) is 13.9. The Morgan fingerprint density at radius 2 is 1.63 bits per heavy atom. The largest absolute Gasteiger partial charge is 0.508 e. The van der Waals surface area contributed by atoms with Crippen molar-refractivity contribution in [1.29, 1.82) is 5.26 Å². The van der Waals surface area contributed by atoms with Crippen LogP contribution in [0.4, 0.5) is 21.0 Å². The number of aromatic nitrogens is 2. The molecule has 4 aromatic rings. The molecule has 1 N–H and O–H groups in total. The number of aromatic hydroxyl groups is 1. The molecule has 0 spiro atoms. The standard InChI is InChI=1S/C44H53ClFN7O6/c1-43(2,3)58-36(55)26-57-31-19-27(20-31)24-50-13-15-51(16-14-50)41-48-39-34(23-35(45)37(38(39)46)33-22-30(54)21-28-9-7-8-10-32(28)33)40(49-41)52-17-18-53(29(25-52)11-12-47)42(56)59-44(4,5)6/h7-10,21-23,27,29,31,54H,11,13-20,24-26H2,1-6H3/t27?,29-,31?/m0/s1. The minimum absolute atomic E-state index is 0.0201. The van der Waals surface area contributed by atoms with Crippen LogP contribution in [0.15, 0.2) is 42.5 Å². The number of halogens is 2. The average Bonchev–Trinajstić information content (AvgIpc) is 3.14. The molecule has 3 aliphatic rings. The predicted molar refractivity (Wildman–Crippen MR) is 225 cm³/mol. The van der Waals surface area contributed by atoms with Crippen LogP contribution >= 0.6 is 11.6 Å². The van der Waals surface area contributed by atoms with Crippen LogP contribution in [0, 0.1) is 23.1 Å². The fourth-order valence-corrected chi connectivity index (χ4v) is 8.49. The maximum absolute atomic E-state index is 17.3. The molecule has 0 bridgehead atoms. The highest BCUT2D eigenvalue weighted by Crippen LogP contribution is 2.43. The Kier molecular flexibility index (Phi) is 12.1. The van der Waals surface area contributed by atoms with E-state index in [1.807, 2.05) is 49.9 Å². The van der Waals surface area contributed by atoms with Gasteiger partial charge >= 0.3 is 12.1 Å². The van der Waals surface area contributed by atoms with Crippen LogP contribution < -0.4 is 9.80 Å². The molecule has 1 atom stereocenters. The highest BCUT2D eigenvalue weighted by Gasteiger charge is 2.37. The highest BCUT2D eigenvalue weighted by atomic mass is 35.5. The van der Waals surface area contributed by atoms with Gasteiger partial charge in [-0.15, -0.1) is 0 Å². The normalized spacial score (nSPS) is 20.4. The van der Waals surface area contributed by atoms with Gasteiger partial charge in [-0.2, -0.15) is 10.2 Å². The van der Waals surface area contributed by atoms with Crippen LogP contribution in [0.25, 0.3) is 32.8 Å². The summed E-state index contributed by atoms with van der Waals surface area (Å²) in [5, 5.41) is 22.5. The molecule has 314 valence electrons. The SMILES string of the molecule is CC(C)(C)OC(=O)COC1CC(CN2CCN(c3nc(N4CCN(C(=O)OC(C)(C)C)[C@@H](CC#N)C4)c4cc(Cl)c(-c5cc(O)cc6ccccc56)c(F)c4n3)CC2)C1. The zero-order valence-corrected chi connectivity index (χ0v) is 35.4. The van der Waals surface area contributed by atoms with Gasteiger partial charge in [-0.25, -0.2) is 19.0 Å². The summed E-state index contributed by atoms with van der Waals surface area (Å²) >= 11 is 6.98. The lowest BCUT2D eigenvalue weighted by Crippen LogP contribution is -2.56. The van der Waals surface area contributed by atoms with E-state index in [9.17, 15) is 20.0 Å². The Hall–Kier alpha value is -4.97. The zero-order valence-electron chi connectivity index (χ0n) is 34.6. The van der Waals surface area contributed by atoms with E-state index in [1.165, 1.54) is 6.07 Å². The number of phenolic OH excluding ortho intramolecular Hbond substituents is 1. The van der Waals surface area contributed by atoms with Crippen molar-refractivity contribution in [3.05, 3.63) is 53.3 Å². The van der Waals surface area contributed by atoms with Crippen molar-refractivity contribution >= 4 is 57.1 Å². The number of amides is 1. The van der Waals surface area contributed by atoms with E-state index in [1.54, 1.807) is 37.8 Å². The molecule has 1 aliphatic carbocycles. The summed E-state index contributed by atoms with van der Waals surface area (Å²) < 4.78 is 34.1. The number of hydrogen-bond donors (Lipinski definition) is 1. The molecular formula is C44H53ClFN7O6. The van der Waals surface area contributed by atoms with Crippen molar-refractivity contribution in [2.24, 2.45) is 5.92 Å². The van der Waals surface area contributed by atoms with Crippen molar-refractivity contribution < 1.29 is 33.3 Å². The van der Waals surface area contributed by atoms with Gasteiger partial charge in [0.05, 0.1) is 29.7 Å². The molecule has 15 heteroatoms. The van der Waals surface area contributed by atoms with Gasteiger partial charge in [0, 0.05) is 63.3 Å². The van der Waals surface area contributed by atoms with Crippen LogP contribution in [0.2, 0.25) is 5.02 Å². The van der Waals surface area contributed by atoms with E-state index >= 15 is 4.39 Å². The van der Waals surface area contributed by atoms with Crippen LogP contribution in [0.1, 0.15) is 60.8 Å². The summed E-state index contributed by atoms with van der Waals surface area (Å²) in [5.74, 6) is 0.271. The number of benzene rings is 3.